The van der Waals surface area contributed by atoms with Crippen LogP contribution < -0.4 is 11.1 Å². The molecule has 0 heterocycles. The van der Waals surface area contributed by atoms with E-state index in [0.29, 0.717) is 0 Å². The van der Waals surface area contributed by atoms with Gasteiger partial charge in [0.2, 0.25) is 5.91 Å². The van der Waals surface area contributed by atoms with Gasteiger partial charge in [0.25, 0.3) is 0 Å². The van der Waals surface area contributed by atoms with Crippen molar-refractivity contribution in [2.45, 2.75) is 43.7 Å². The number of amides is 1. The Morgan fingerprint density at radius 3 is 2.56 bits per heavy atom. The number of likely N-dealkylation sites (N-methyl/N-ethyl adjacent to an activating group) is 1. The quantitative estimate of drug-likeness (QED) is 0.728. The highest BCUT2D eigenvalue weighted by atomic mass is 32.2. The first-order valence-electron chi connectivity index (χ1n) is 6.71. The van der Waals surface area contributed by atoms with Gasteiger partial charge in [-0.3, -0.25) is 4.79 Å². The number of rotatable bonds is 7. The van der Waals surface area contributed by atoms with Crippen LogP contribution in [0.3, 0.4) is 0 Å². The van der Waals surface area contributed by atoms with E-state index in [1.807, 2.05) is 6.26 Å². The van der Waals surface area contributed by atoms with Crippen molar-refractivity contribution in [3.63, 3.8) is 0 Å². The minimum Gasteiger partial charge on any atom is -0.353 e. The number of hydrogen-bond donors (Lipinski definition) is 2. The second-order valence-corrected chi connectivity index (χ2v) is 6.42. The molecule has 1 fully saturated rings. The normalized spacial score (nSPS) is 20.1. The Labute approximate surface area is 115 Å². The standard InChI is InChI=1S/C13H27N3OS/c1-16(2)13(7-4-5-8-13)10-15-12(17)11(14)6-9-18-3/h11H,4-10,14H2,1-3H3,(H,15,17)/t11-/m0/s1. The molecule has 5 heteroatoms. The van der Waals surface area contributed by atoms with Crippen LogP contribution in [0.15, 0.2) is 0 Å². The van der Waals surface area contributed by atoms with Crippen molar-refractivity contribution in [2.75, 3.05) is 32.6 Å². The fourth-order valence-electron chi connectivity index (χ4n) is 2.57. The average molecular weight is 273 g/mol. The Morgan fingerprint density at radius 1 is 1.44 bits per heavy atom. The lowest BCUT2D eigenvalue weighted by molar-refractivity contribution is -0.123. The van der Waals surface area contributed by atoms with Gasteiger partial charge in [-0.15, -0.1) is 0 Å². The third kappa shape index (κ3) is 4.14. The zero-order valence-electron chi connectivity index (χ0n) is 11.9. The molecule has 1 rings (SSSR count). The van der Waals surface area contributed by atoms with Crippen LogP contribution in [-0.2, 0) is 4.79 Å². The molecule has 4 nitrogen and oxygen atoms in total. The predicted octanol–water partition coefficient (Wildman–Crippen LogP) is 1.06. The molecule has 1 amide bonds. The molecule has 0 spiro atoms. The van der Waals surface area contributed by atoms with Crippen molar-refractivity contribution in [1.82, 2.24) is 10.2 Å². The van der Waals surface area contributed by atoms with Gasteiger partial charge in [-0.2, -0.15) is 11.8 Å². The second kappa shape index (κ2) is 7.36. The van der Waals surface area contributed by atoms with Crippen molar-refractivity contribution in [3.8, 4) is 0 Å². The van der Waals surface area contributed by atoms with Gasteiger partial charge >= 0.3 is 0 Å². The van der Waals surface area contributed by atoms with Crippen LogP contribution in [0.2, 0.25) is 0 Å². The van der Waals surface area contributed by atoms with Crippen LogP contribution in [0.4, 0.5) is 0 Å². The van der Waals surface area contributed by atoms with E-state index in [-0.39, 0.29) is 17.5 Å². The number of thioether (sulfide) groups is 1. The summed E-state index contributed by atoms with van der Waals surface area (Å²) in [5.74, 6) is 0.935. The van der Waals surface area contributed by atoms with Crippen molar-refractivity contribution in [2.24, 2.45) is 5.73 Å². The fourth-order valence-corrected chi connectivity index (χ4v) is 3.06. The van der Waals surface area contributed by atoms with Crippen LogP contribution in [-0.4, -0.2) is 55.0 Å². The first-order valence-corrected chi connectivity index (χ1v) is 8.11. The Morgan fingerprint density at radius 2 is 2.06 bits per heavy atom. The van der Waals surface area contributed by atoms with E-state index in [1.165, 1.54) is 25.7 Å². The van der Waals surface area contributed by atoms with Gasteiger partial charge in [0.1, 0.15) is 0 Å². The molecule has 106 valence electrons. The van der Waals surface area contributed by atoms with Crippen LogP contribution in [0.25, 0.3) is 0 Å². The molecule has 18 heavy (non-hydrogen) atoms. The summed E-state index contributed by atoms with van der Waals surface area (Å²) in [5, 5.41) is 3.04. The maximum Gasteiger partial charge on any atom is 0.237 e. The molecule has 1 aliphatic carbocycles. The van der Waals surface area contributed by atoms with Crippen molar-refractivity contribution >= 4 is 17.7 Å². The molecular formula is C13H27N3OS. The van der Waals surface area contributed by atoms with Crippen LogP contribution in [0, 0.1) is 0 Å². The van der Waals surface area contributed by atoms with Gasteiger partial charge in [0.05, 0.1) is 6.04 Å². The largest absolute Gasteiger partial charge is 0.353 e. The predicted molar refractivity (Wildman–Crippen MR) is 78.9 cm³/mol. The Kier molecular flexibility index (Phi) is 6.46. The smallest absolute Gasteiger partial charge is 0.237 e. The lowest BCUT2D eigenvalue weighted by atomic mass is 9.96. The highest BCUT2D eigenvalue weighted by molar-refractivity contribution is 7.98. The number of nitrogens with two attached hydrogens (primary N) is 1. The molecule has 0 unspecified atom stereocenters. The summed E-state index contributed by atoms with van der Waals surface area (Å²) in [4.78, 5) is 14.2. The monoisotopic (exact) mass is 273 g/mol. The fraction of sp³-hybridized carbons (Fsp3) is 0.923. The maximum atomic E-state index is 11.9. The van der Waals surface area contributed by atoms with E-state index in [1.54, 1.807) is 11.8 Å². The maximum absolute atomic E-state index is 11.9. The molecule has 0 bridgehead atoms. The zero-order valence-corrected chi connectivity index (χ0v) is 12.7. The van der Waals surface area contributed by atoms with E-state index in [4.69, 9.17) is 5.73 Å². The van der Waals surface area contributed by atoms with Crippen molar-refractivity contribution < 1.29 is 4.79 Å². The molecule has 0 radical (unpaired) electrons. The Balaban J connectivity index is 2.40. The summed E-state index contributed by atoms with van der Waals surface area (Å²) >= 11 is 1.73. The molecule has 0 aromatic rings. The highest BCUT2D eigenvalue weighted by Crippen LogP contribution is 2.33. The number of hydrogen-bond acceptors (Lipinski definition) is 4. The highest BCUT2D eigenvalue weighted by Gasteiger charge is 2.36. The number of nitrogens with zero attached hydrogens (tertiary/aromatic N) is 1. The molecule has 0 saturated heterocycles. The van der Waals surface area contributed by atoms with E-state index >= 15 is 0 Å². The van der Waals surface area contributed by atoms with Crippen LogP contribution in [0.5, 0.6) is 0 Å². The summed E-state index contributed by atoms with van der Waals surface area (Å²) in [6.45, 7) is 0.728. The number of carbonyl (C=O) groups is 1. The first-order chi connectivity index (χ1) is 8.52. The van der Waals surface area contributed by atoms with Gasteiger partial charge in [0, 0.05) is 12.1 Å². The third-order valence-corrected chi connectivity index (χ3v) is 4.69. The summed E-state index contributed by atoms with van der Waals surface area (Å²) in [6, 6.07) is -0.363. The van der Waals surface area contributed by atoms with E-state index in [2.05, 4.69) is 24.3 Å². The summed E-state index contributed by atoms with van der Waals surface area (Å²) in [5.41, 5.74) is 6.02. The van der Waals surface area contributed by atoms with E-state index in [9.17, 15) is 4.79 Å². The molecular weight excluding hydrogens is 246 g/mol. The van der Waals surface area contributed by atoms with Gasteiger partial charge in [0.15, 0.2) is 0 Å². The first kappa shape index (κ1) is 15.8. The van der Waals surface area contributed by atoms with Gasteiger partial charge in [-0.1, -0.05) is 12.8 Å². The lowest BCUT2D eigenvalue weighted by Gasteiger charge is -2.36. The number of nitrogens with one attached hydrogen (secondary N) is 1. The average Bonchev–Trinajstić information content (AvgIpc) is 2.83. The number of carbonyl (C=O) groups excluding carboxylic acids is 1. The van der Waals surface area contributed by atoms with Crippen LogP contribution in [0.1, 0.15) is 32.1 Å². The minimum atomic E-state index is -0.363. The molecule has 1 aliphatic rings. The summed E-state index contributed by atoms with van der Waals surface area (Å²) in [7, 11) is 4.20. The van der Waals surface area contributed by atoms with E-state index in [0.717, 1.165) is 18.7 Å². The van der Waals surface area contributed by atoms with Gasteiger partial charge in [-0.05, 0) is 45.4 Å². The van der Waals surface area contributed by atoms with Crippen molar-refractivity contribution in [3.05, 3.63) is 0 Å². The second-order valence-electron chi connectivity index (χ2n) is 5.43. The minimum absolute atomic E-state index is 0.00262. The van der Waals surface area contributed by atoms with Gasteiger partial charge < -0.3 is 16.0 Å². The molecule has 0 aliphatic heterocycles. The zero-order chi connectivity index (χ0) is 13.6. The van der Waals surface area contributed by atoms with Gasteiger partial charge in [-0.25, -0.2) is 0 Å². The third-order valence-electron chi connectivity index (χ3n) is 4.04. The summed E-state index contributed by atoms with van der Waals surface area (Å²) in [6.07, 6.45) is 7.63. The molecule has 1 atom stereocenters. The molecule has 0 aromatic carbocycles. The molecule has 0 aromatic heterocycles. The summed E-state index contributed by atoms with van der Waals surface area (Å²) < 4.78 is 0. The van der Waals surface area contributed by atoms with E-state index < -0.39 is 0 Å². The SMILES string of the molecule is CSCC[C@H](N)C(=O)NCC1(N(C)C)CCCC1. The molecule has 3 N–H and O–H groups in total. The van der Waals surface area contributed by atoms with Crippen LogP contribution >= 0.6 is 11.8 Å². The Bertz CT molecular complexity index is 265. The van der Waals surface area contributed by atoms with Crippen molar-refractivity contribution in [1.29, 1.82) is 0 Å². The molecule has 1 saturated carbocycles. The Hall–Kier alpha value is -0.260. The topological polar surface area (TPSA) is 58.4 Å². The lowest BCUT2D eigenvalue weighted by Crippen LogP contribution is -2.53.